The van der Waals surface area contributed by atoms with Gasteiger partial charge in [0.05, 0.1) is 5.56 Å². The first-order chi connectivity index (χ1) is 13.7. The van der Waals surface area contributed by atoms with Crippen molar-refractivity contribution in [3.63, 3.8) is 0 Å². The maximum absolute atomic E-state index is 12.7. The highest BCUT2D eigenvalue weighted by molar-refractivity contribution is 6.07. The fourth-order valence-electron chi connectivity index (χ4n) is 2.93. The molecule has 0 spiro atoms. The minimum Gasteiger partial charge on any atom is -0.369 e. The molecule has 5 heteroatoms. The normalized spacial score (nSPS) is 11.6. The smallest absolute Gasteiger partial charge is 0.259 e. The van der Waals surface area contributed by atoms with Gasteiger partial charge < -0.3 is 10.6 Å². The molecular weight excluding hydrogens is 348 g/mol. The van der Waals surface area contributed by atoms with E-state index in [1.165, 1.54) is 5.56 Å². The number of benzene rings is 1. The van der Waals surface area contributed by atoms with E-state index in [1.54, 1.807) is 24.5 Å². The maximum Gasteiger partial charge on any atom is 0.259 e. The van der Waals surface area contributed by atoms with Crippen LogP contribution in [0.15, 0.2) is 67.1 Å². The molecule has 2 aromatic heterocycles. The Hall–Kier alpha value is -3.21. The van der Waals surface area contributed by atoms with E-state index in [2.05, 4.69) is 46.6 Å². The van der Waals surface area contributed by atoms with E-state index in [0.29, 0.717) is 23.8 Å². The summed E-state index contributed by atoms with van der Waals surface area (Å²) in [6.07, 6.45) is 7.19. The number of aromatic nitrogens is 2. The summed E-state index contributed by atoms with van der Waals surface area (Å²) in [6, 6.07) is 15.5. The molecule has 0 saturated carbocycles. The molecule has 3 aromatic rings. The zero-order valence-electron chi connectivity index (χ0n) is 16.4. The first kappa shape index (κ1) is 19.5. The molecule has 0 fully saturated rings. The largest absolute Gasteiger partial charge is 0.369 e. The van der Waals surface area contributed by atoms with Crippen LogP contribution in [0.3, 0.4) is 0 Å². The van der Waals surface area contributed by atoms with Crippen molar-refractivity contribution in [1.82, 2.24) is 9.97 Å². The lowest BCUT2D eigenvalue weighted by atomic mass is 9.98. The van der Waals surface area contributed by atoms with Crippen LogP contribution in [-0.2, 0) is 6.42 Å². The number of nitrogens with one attached hydrogen (secondary N) is 2. The van der Waals surface area contributed by atoms with Crippen molar-refractivity contribution in [3.8, 4) is 0 Å². The molecule has 0 bridgehead atoms. The lowest BCUT2D eigenvalue weighted by Crippen LogP contribution is -2.16. The Balaban J connectivity index is 1.63. The van der Waals surface area contributed by atoms with Crippen LogP contribution >= 0.6 is 0 Å². The second-order valence-corrected chi connectivity index (χ2v) is 6.82. The highest BCUT2D eigenvalue weighted by Gasteiger charge is 2.12. The molecule has 1 aromatic carbocycles. The van der Waals surface area contributed by atoms with Crippen LogP contribution in [0.5, 0.6) is 0 Å². The second kappa shape index (κ2) is 9.65. The molecule has 0 saturated heterocycles. The van der Waals surface area contributed by atoms with Crippen LogP contribution in [0.4, 0.5) is 11.5 Å². The van der Waals surface area contributed by atoms with Crippen molar-refractivity contribution in [1.29, 1.82) is 0 Å². The van der Waals surface area contributed by atoms with Crippen LogP contribution in [0.1, 0.15) is 47.7 Å². The molecule has 28 heavy (non-hydrogen) atoms. The Kier molecular flexibility index (Phi) is 6.73. The number of carbonyl (C=O) groups is 1. The van der Waals surface area contributed by atoms with Crippen LogP contribution < -0.4 is 10.6 Å². The Morgan fingerprint density at radius 1 is 1.07 bits per heavy atom. The fourth-order valence-corrected chi connectivity index (χ4v) is 2.93. The third-order valence-electron chi connectivity index (χ3n) is 4.83. The van der Waals surface area contributed by atoms with E-state index in [0.717, 1.165) is 24.1 Å². The summed E-state index contributed by atoms with van der Waals surface area (Å²) in [4.78, 5) is 21.2. The Morgan fingerprint density at radius 2 is 1.86 bits per heavy atom. The zero-order valence-corrected chi connectivity index (χ0v) is 16.4. The third-order valence-corrected chi connectivity index (χ3v) is 4.83. The molecule has 1 atom stereocenters. The van der Waals surface area contributed by atoms with E-state index in [-0.39, 0.29) is 5.91 Å². The molecule has 0 radical (unpaired) electrons. The summed E-state index contributed by atoms with van der Waals surface area (Å²) < 4.78 is 0. The van der Waals surface area contributed by atoms with Crippen molar-refractivity contribution in [2.75, 3.05) is 17.2 Å². The van der Waals surface area contributed by atoms with E-state index < -0.39 is 0 Å². The van der Waals surface area contributed by atoms with Gasteiger partial charge in [0.15, 0.2) is 0 Å². The van der Waals surface area contributed by atoms with Gasteiger partial charge in [0.2, 0.25) is 0 Å². The number of rotatable bonds is 8. The van der Waals surface area contributed by atoms with Gasteiger partial charge in [-0.1, -0.05) is 32.0 Å². The number of pyridine rings is 2. The van der Waals surface area contributed by atoms with Gasteiger partial charge in [0.1, 0.15) is 5.82 Å². The highest BCUT2D eigenvalue weighted by atomic mass is 16.1. The predicted octanol–water partition coefficient (Wildman–Crippen LogP) is 4.90. The number of hydrogen-bond acceptors (Lipinski definition) is 4. The summed E-state index contributed by atoms with van der Waals surface area (Å²) >= 11 is 0. The third kappa shape index (κ3) is 5.16. The maximum atomic E-state index is 12.7. The Bertz CT molecular complexity index is 894. The highest BCUT2D eigenvalue weighted by Crippen LogP contribution is 2.21. The molecular formula is C23H26N4O. The van der Waals surface area contributed by atoms with Gasteiger partial charge >= 0.3 is 0 Å². The van der Waals surface area contributed by atoms with Crippen LogP contribution in [0, 0.1) is 0 Å². The minimum absolute atomic E-state index is 0.173. The Morgan fingerprint density at radius 3 is 2.57 bits per heavy atom. The van der Waals surface area contributed by atoms with E-state index in [1.807, 2.05) is 30.5 Å². The van der Waals surface area contributed by atoms with Crippen LogP contribution in [0.25, 0.3) is 0 Å². The summed E-state index contributed by atoms with van der Waals surface area (Å²) in [7, 11) is 0. The van der Waals surface area contributed by atoms with Gasteiger partial charge in [-0.25, -0.2) is 4.98 Å². The number of anilines is 2. The van der Waals surface area contributed by atoms with Crippen LogP contribution in [-0.4, -0.2) is 22.4 Å². The van der Waals surface area contributed by atoms with Gasteiger partial charge in [-0.05, 0) is 60.2 Å². The molecule has 3 rings (SSSR count). The second-order valence-electron chi connectivity index (χ2n) is 6.82. The van der Waals surface area contributed by atoms with E-state index in [4.69, 9.17) is 0 Å². The fraction of sp³-hybridized carbons (Fsp3) is 0.261. The lowest BCUT2D eigenvalue weighted by molar-refractivity contribution is 0.102. The number of hydrogen-bond donors (Lipinski definition) is 2. The van der Waals surface area contributed by atoms with E-state index in [9.17, 15) is 4.79 Å². The van der Waals surface area contributed by atoms with Gasteiger partial charge in [-0.3, -0.25) is 9.78 Å². The number of carbonyl (C=O) groups excluding carboxylic acids is 1. The van der Waals surface area contributed by atoms with Gasteiger partial charge in [-0.2, -0.15) is 0 Å². The first-order valence-corrected chi connectivity index (χ1v) is 9.66. The standard InChI is InChI=1S/C23H26N4O/c1-3-17(2)19-8-10-20(11-9-19)27-23(28)21-7-5-14-25-22(21)26-15-12-18-6-4-13-24-16-18/h4-11,13-14,16-17H,3,12,15H2,1-2H3,(H,25,26)(H,27,28). The molecule has 2 N–H and O–H groups in total. The van der Waals surface area contributed by atoms with Gasteiger partial charge in [-0.15, -0.1) is 0 Å². The molecule has 5 nitrogen and oxygen atoms in total. The molecule has 144 valence electrons. The van der Waals surface area contributed by atoms with Crippen molar-refractivity contribution in [2.24, 2.45) is 0 Å². The molecule has 2 heterocycles. The summed E-state index contributed by atoms with van der Waals surface area (Å²) in [6.45, 7) is 5.05. The number of nitrogens with zero attached hydrogens (tertiary/aromatic N) is 2. The number of amides is 1. The van der Waals surface area contributed by atoms with Crippen molar-refractivity contribution in [3.05, 3.63) is 83.8 Å². The summed E-state index contributed by atoms with van der Waals surface area (Å²) in [5.74, 6) is 0.923. The van der Waals surface area contributed by atoms with Crippen molar-refractivity contribution >= 4 is 17.4 Å². The molecule has 0 aliphatic carbocycles. The average Bonchev–Trinajstić information content (AvgIpc) is 2.75. The monoisotopic (exact) mass is 374 g/mol. The average molecular weight is 374 g/mol. The Labute approximate surface area is 166 Å². The molecule has 1 amide bonds. The minimum atomic E-state index is -0.173. The van der Waals surface area contributed by atoms with Crippen molar-refractivity contribution in [2.45, 2.75) is 32.6 Å². The topological polar surface area (TPSA) is 66.9 Å². The van der Waals surface area contributed by atoms with E-state index >= 15 is 0 Å². The predicted molar refractivity (Wildman–Crippen MR) is 114 cm³/mol. The molecule has 1 unspecified atom stereocenters. The zero-order chi connectivity index (χ0) is 19.8. The quantitative estimate of drug-likeness (QED) is 0.589. The summed E-state index contributed by atoms with van der Waals surface area (Å²) in [5, 5.41) is 6.22. The lowest BCUT2D eigenvalue weighted by Gasteiger charge is -2.13. The van der Waals surface area contributed by atoms with Gasteiger partial charge in [0, 0.05) is 30.8 Å². The van der Waals surface area contributed by atoms with Gasteiger partial charge in [0.25, 0.3) is 5.91 Å². The van der Waals surface area contributed by atoms with Crippen molar-refractivity contribution < 1.29 is 4.79 Å². The summed E-state index contributed by atoms with van der Waals surface area (Å²) in [5.41, 5.74) is 3.72. The SMILES string of the molecule is CCC(C)c1ccc(NC(=O)c2cccnc2NCCc2cccnc2)cc1. The molecule has 0 aliphatic rings. The van der Waals surface area contributed by atoms with Crippen LogP contribution in [0.2, 0.25) is 0 Å². The molecule has 0 aliphatic heterocycles. The first-order valence-electron chi connectivity index (χ1n) is 9.66.